The molecule has 140 valence electrons. The smallest absolute Gasteiger partial charge is 0.244 e. The average molecular weight is 339 g/mol. The van der Waals surface area contributed by atoms with E-state index in [1.807, 2.05) is 0 Å². The lowest BCUT2D eigenvalue weighted by Crippen LogP contribution is -2.25. The number of hydrogen-bond acceptors (Lipinski definition) is 2. The van der Waals surface area contributed by atoms with Crippen LogP contribution in [0.15, 0.2) is 12.2 Å². The third-order valence-electron chi connectivity index (χ3n) is 4.05. The molecule has 0 bridgehead atoms. The van der Waals surface area contributed by atoms with Crippen LogP contribution in [0.25, 0.3) is 0 Å². The van der Waals surface area contributed by atoms with E-state index in [1.54, 1.807) is 0 Å². The quantitative estimate of drug-likeness (QED) is 0.322. The van der Waals surface area contributed by atoms with Crippen molar-refractivity contribution in [3.8, 4) is 0 Å². The number of hydrogen-bond donors (Lipinski definition) is 2. The Hall–Kier alpha value is -1.32. The Balaban J connectivity index is 3.48. The molecule has 0 heterocycles. The van der Waals surface area contributed by atoms with Crippen molar-refractivity contribution in [2.45, 2.75) is 90.9 Å². The van der Waals surface area contributed by atoms with E-state index in [0.29, 0.717) is 13.1 Å². The van der Waals surface area contributed by atoms with Gasteiger partial charge < -0.3 is 10.6 Å². The normalized spacial score (nSPS) is 10.9. The molecule has 0 saturated carbocycles. The van der Waals surface area contributed by atoms with Crippen LogP contribution in [0.2, 0.25) is 0 Å². The van der Waals surface area contributed by atoms with Gasteiger partial charge in [-0.05, 0) is 12.8 Å². The van der Waals surface area contributed by atoms with E-state index < -0.39 is 0 Å². The molecule has 0 aliphatic carbocycles. The molecule has 2 N–H and O–H groups in total. The van der Waals surface area contributed by atoms with Gasteiger partial charge in [-0.15, -0.1) is 0 Å². The predicted octanol–water partition coefficient (Wildman–Crippen LogP) is 4.50. The number of amides is 2. The van der Waals surface area contributed by atoms with Gasteiger partial charge in [0.1, 0.15) is 0 Å². The molecule has 0 aliphatic heterocycles. The van der Waals surface area contributed by atoms with Crippen LogP contribution in [0.5, 0.6) is 0 Å². The Labute approximate surface area is 148 Å². The first kappa shape index (κ1) is 22.7. The number of rotatable bonds is 16. The van der Waals surface area contributed by atoms with Crippen molar-refractivity contribution in [1.29, 1.82) is 0 Å². The van der Waals surface area contributed by atoms with Gasteiger partial charge in [0.25, 0.3) is 0 Å². The monoisotopic (exact) mass is 338 g/mol. The van der Waals surface area contributed by atoms with Crippen molar-refractivity contribution in [1.82, 2.24) is 10.6 Å². The van der Waals surface area contributed by atoms with E-state index in [1.165, 1.54) is 63.5 Å². The number of unbranched alkanes of at least 4 members (excludes halogenated alkanes) is 10. The van der Waals surface area contributed by atoms with Crippen LogP contribution in [0, 0.1) is 0 Å². The van der Waals surface area contributed by atoms with Gasteiger partial charge in [0.05, 0.1) is 0 Å². The summed E-state index contributed by atoms with van der Waals surface area (Å²) in [7, 11) is 0. The van der Waals surface area contributed by atoms with E-state index in [4.69, 9.17) is 0 Å². The highest BCUT2D eigenvalue weighted by atomic mass is 16.2. The third-order valence-corrected chi connectivity index (χ3v) is 4.05. The molecule has 0 radical (unpaired) electrons. The maximum atomic E-state index is 11.6. The van der Waals surface area contributed by atoms with Crippen molar-refractivity contribution in [3.05, 3.63) is 12.2 Å². The minimum Gasteiger partial charge on any atom is -0.353 e. The van der Waals surface area contributed by atoms with Crippen LogP contribution in [-0.2, 0) is 9.59 Å². The summed E-state index contributed by atoms with van der Waals surface area (Å²) >= 11 is 0. The highest BCUT2D eigenvalue weighted by molar-refractivity contribution is 5.96. The van der Waals surface area contributed by atoms with Gasteiger partial charge in [0.2, 0.25) is 11.8 Å². The van der Waals surface area contributed by atoms with Crippen LogP contribution in [0.4, 0.5) is 0 Å². The summed E-state index contributed by atoms with van der Waals surface area (Å²) in [5, 5.41) is 5.64. The van der Waals surface area contributed by atoms with Gasteiger partial charge in [-0.25, -0.2) is 0 Å². The molecule has 0 aromatic rings. The number of nitrogens with one attached hydrogen (secondary N) is 2. The lowest BCUT2D eigenvalue weighted by Gasteiger charge is -2.03. The minimum atomic E-state index is -0.182. The zero-order valence-electron chi connectivity index (χ0n) is 15.9. The van der Waals surface area contributed by atoms with Crippen molar-refractivity contribution in [2.75, 3.05) is 13.1 Å². The Kier molecular flexibility index (Phi) is 17.0. The molecule has 0 spiro atoms. The molecule has 0 atom stereocenters. The maximum absolute atomic E-state index is 11.6. The van der Waals surface area contributed by atoms with Gasteiger partial charge in [0.15, 0.2) is 0 Å². The Bertz CT molecular complexity index is 309. The second kappa shape index (κ2) is 18.0. The average Bonchev–Trinajstić information content (AvgIpc) is 2.58. The Morgan fingerprint density at radius 1 is 0.583 bits per heavy atom. The summed E-state index contributed by atoms with van der Waals surface area (Å²) in [6.07, 6.45) is 17.1. The van der Waals surface area contributed by atoms with Gasteiger partial charge in [-0.1, -0.05) is 78.1 Å². The van der Waals surface area contributed by atoms with E-state index >= 15 is 0 Å². The van der Waals surface area contributed by atoms with Crippen LogP contribution in [-0.4, -0.2) is 24.9 Å². The van der Waals surface area contributed by atoms with Crippen LogP contribution in [0.3, 0.4) is 0 Å². The zero-order valence-corrected chi connectivity index (χ0v) is 15.9. The molecule has 0 rings (SSSR count). The largest absolute Gasteiger partial charge is 0.353 e. The summed E-state index contributed by atoms with van der Waals surface area (Å²) in [6.45, 7) is 5.79. The molecule has 0 fully saturated rings. The third kappa shape index (κ3) is 17.0. The topological polar surface area (TPSA) is 58.2 Å². The van der Waals surface area contributed by atoms with Crippen LogP contribution >= 0.6 is 0 Å². The summed E-state index contributed by atoms with van der Waals surface area (Å²) in [4.78, 5) is 23.2. The maximum Gasteiger partial charge on any atom is 0.244 e. The standard InChI is InChI=1S/C20H38N2O2/c1-3-5-7-9-11-13-17-21-19(23)15-16-20(24)22-18-14-12-10-8-6-4-2/h15-16H,3-14,17-18H2,1-2H3,(H,21,23)(H,22,24)/b16-15-. The molecule has 0 aliphatic rings. The number of carbonyl (C=O) groups excluding carboxylic acids is 2. The fourth-order valence-corrected chi connectivity index (χ4v) is 2.50. The van der Waals surface area contributed by atoms with Crippen molar-refractivity contribution >= 4 is 11.8 Å². The molecule has 0 aromatic heterocycles. The van der Waals surface area contributed by atoms with E-state index in [2.05, 4.69) is 24.5 Å². The van der Waals surface area contributed by atoms with Gasteiger partial charge in [-0.3, -0.25) is 9.59 Å². The Morgan fingerprint density at radius 3 is 1.29 bits per heavy atom. The lowest BCUT2D eigenvalue weighted by atomic mass is 10.1. The summed E-state index contributed by atoms with van der Waals surface area (Å²) < 4.78 is 0. The molecule has 4 heteroatoms. The molecule has 4 nitrogen and oxygen atoms in total. The number of carbonyl (C=O) groups is 2. The summed E-state index contributed by atoms with van der Waals surface area (Å²) in [5.41, 5.74) is 0. The predicted molar refractivity (Wildman–Crippen MR) is 102 cm³/mol. The van der Waals surface area contributed by atoms with Gasteiger partial charge in [0, 0.05) is 25.2 Å². The highest BCUT2D eigenvalue weighted by Gasteiger charge is 1.98. The molecule has 0 unspecified atom stereocenters. The highest BCUT2D eigenvalue weighted by Crippen LogP contribution is 2.04. The molecule has 0 aromatic carbocycles. The van der Waals surface area contributed by atoms with Gasteiger partial charge in [-0.2, -0.15) is 0 Å². The van der Waals surface area contributed by atoms with Crippen LogP contribution < -0.4 is 10.6 Å². The first-order valence-electron chi connectivity index (χ1n) is 9.94. The van der Waals surface area contributed by atoms with Crippen molar-refractivity contribution in [2.24, 2.45) is 0 Å². The zero-order chi connectivity index (χ0) is 17.9. The fourth-order valence-electron chi connectivity index (χ4n) is 2.50. The first-order chi connectivity index (χ1) is 11.7. The van der Waals surface area contributed by atoms with Crippen molar-refractivity contribution in [3.63, 3.8) is 0 Å². The fraction of sp³-hybridized carbons (Fsp3) is 0.800. The van der Waals surface area contributed by atoms with E-state index in [9.17, 15) is 9.59 Å². The molecule has 0 saturated heterocycles. The molecule has 24 heavy (non-hydrogen) atoms. The summed E-state index contributed by atoms with van der Waals surface area (Å²) in [5.74, 6) is -0.364. The summed E-state index contributed by atoms with van der Waals surface area (Å²) in [6, 6.07) is 0. The van der Waals surface area contributed by atoms with E-state index in [0.717, 1.165) is 25.7 Å². The SMILES string of the molecule is CCCCCCCCNC(=O)/C=C\C(=O)NCCCCCCCC. The minimum absolute atomic E-state index is 0.182. The van der Waals surface area contributed by atoms with Crippen molar-refractivity contribution < 1.29 is 9.59 Å². The molecule has 2 amide bonds. The van der Waals surface area contributed by atoms with Gasteiger partial charge >= 0.3 is 0 Å². The second-order valence-electron chi connectivity index (χ2n) is 6.45. The molecular weight excluding hydrogens is 300 g/mol. The second-order valence-corrected chi connectivity index (χ2v) is 6.45. The van der Waals surface area contributed by atoms with Crippen LogP contribution in [0.1, 0.15) is 90.9 Å². The van der Waals surface area contributed by atoms with E-state index in [-0.39, 0.29) is 11.8 Å². The Morgan fingerprint density at radius 2 is 0.917 bits per heavy atom. The lowest BCUT2D eigenvalue weighted by molar-refractivity contribution is -0.118. The molecular formula is C20H38N2O2. The first-order valence-corrected chi connectivity index (χ1v) is 9.94.